The van der Waals surface area contributed by atoms with E-state index in [1.54, 1.807) is 4.68 Å². The third kappa shape index (κ3) is 3.03. The normalized spacial score (nSPS) is 10.7. The number of para-hydroxylation sites is 1. The summed E-state index contributed by atoms with van der Waals surface area (Å²) in [7, 11) is 1.89. The Hall–Kier alpha value is -2.46. The Kier molecular flexibility index (Phi) is 4.26. The molecule has 3 rings (SSSR count). The second-order valence-corrected chi connectivity index (χ2v) is 5.85. The maximum atomic E-state index is 12.7. The number of aromatic nitrogens is 2. The topological polar surface area (TPSA) is 39.0 Å². The molecular formula is C18H18ClN3O. The SMILES string of the molecule is Cc1c(NCc2ccc(Cl)cc2)c(=O)n(-c2ccccc2)n1C. The van der Waals surface area contributed by atoms with Crippen LogP contribution in [0.1, 0.15) is 11.3 Å². The van der Waals surface area contributed by atoms with Crippen LogP contribution >= 0.6 is 11.6 Å². The van der Waals surface area contributed by atoms with Crippen LogP contribution in [0.25, 0.3) is 5.69 Å². The third-order valence-electron chi connectivity index (χ3n) is 3.94. The van der Waals surface area contributed by atoms with Crippen molar-refractivity contribution in [1.29, 1.82) is 0 Å². The maximum absolute atomic E-state index is 12.7. The predicted octanol–water partition coefficient (Wildman–Crippen LogP) is 3.75. The molecule has 5 heteroatoms. The Morgan fingerprint density at radius 3 is 2.35 bits per heavy atom. The number of hydrogen-bond donors (Lipinski definition) is 1. The van der Waals surface area contributed by atoms with Crippen molar-refractivity contribution in [2.75, 3.05) is 5.32 Å². The van der Waals surface area contributed by atoms with Crippen LogP contribution in [-0.4, -0.2) is 9.36 Å². The average Bonchev–Trinajstić information content (AvgIpc) is 2.78. The van der Waals surface area contributed by atoms with Crippen LogP contribution in [0.4, 0.5) is 5.69 Å². The Morgan fingerprint density at radius 2 is 1.70 bits per heavy atom. The number of nitrogens with one attached hydrogen (secondary N) is 1. The standard InChI is InChI=1S/C18H18ClN3O/c1-13-17(20-12-14-8-10-15(19)11-9-14)18(23)22(21(13)2)16-6-4-3-5-7-16/h3-11,20H,12H2,1-2H3. The zero-order valence-corrected chi connectivity index (χ0v) is 13.8. The fraction of sp³-hybridized carbons (Fsp3) is 0.167. The summed E-state index contributed by atoms with van der Waals surface area (Å²) < 4.78 is 3.53. The van der Waals surface area contributed by atoms with Gasteiger partial charge in [-0.2, -0.15) is 0 Å². The smallest absolute Gasteiger partial charge is 0.295 e. The average molecular weight is 328 g/mol. The van der Waals surface area contributed by atoms with Crippen molar-refractivity contribution in [3.05, 3.63) is 81.2 Å². The van der Waals surface area contributed by atoms with Gasteiger partial charge in [0.1, 0.15) is 5.69 Å². The Morgan fingerprint density at radius 1 is 1.04 bits per heavy atom. The molecule has 2 aromatic carbocycles. The summed E-state index contributed by atoms with van der Waals surface area (Å²) in [6.07, 6.45) is 0. The molecule has 0 unspecified atom stereocenters. The summed E-state index contributed by atoms with van der Waals surface area (Å²) in [6.45, 7) is 2.51. The van der Waals surface area contributed by atoms with Gasteiger partial charge in [-0.25, -0.2) is 4.68 Å². The van der Waals surface area contributed by atoms with Gasteiger partial charge in [0.2, 0.25) is 0 Å². The highest BCUT2D eigenvalue weighted by Crippen LogP contribution is 2.16. The minimum absolute atomic E-state index is 0.0508. The first-order valence-corrected chi connectivity index (χ1v) is 7.78. The Labute approximate surface area is 139 Å². The minimum atomic E-state index is -0.0508. The van der Waals surface area contributed by atoms with Gasteiger partial charge in [0.25, 0.3) is 5.56 Å². The number of benzene rings is 2. The zero-order chi connectivity index (χ0) is 16.4. The van der Waals surface area contributed by atoms with Gasteiger partial charge in [0, 0.05) is 18.6 Å². The van der Waals surface area contributed by atoms with Gasteiger partial charge in [0.15, 0.2) is 0 Å². The van der Waals surface area contributed by atoms with E-state index in [2.05, 4.69) is 5.32 Å². The van der Waals surface area contributed by atoms with Crippen molar-refractivity contribution < 1.29 is 0 Å². The fourth-order valence-electron chi connectivity index (χ4n) is 2.56. The monoisotopic (exact) mass is 327 g/mol. The molecule has 118 valence electrons. The summed E-state index contributed by atoms with van der Waals surface area (Å²) in [5.74, 6) is 0. The molecule has 0 aliphatic rings. The molecule has 0 atom stereocenters. The fourth-order valence-corrected chi connectivity index (χ4v) is 2.69. The summed E-state index contributed by atoms with van der Waals surface area (Å²) in [5, 5.41) is 3.96. The highest BCUT2D eigenvalue weighted by Gasteiger charge is 2.15. The van der Waals surface area contributed by atoms with Crippen LogP contribution in [0.3, 0.4) is 0 Å². The van der Waals surface area contributed by atoms with Crippen LogP contribution in [0.5, 0.6) is 0 Å². The summed E-state index contributed by atoms with van der Waals surface area (Å²) in [6, 6.07) is 17.2. The molecule has 0 saturated heterocycles. The van der Waals surface area contributed by atoms with Crippen LogP contribution < -0.4 is 10.9 Å². The van der Waals surface area contributed by atoms with Gasteiger partial charge in [-0.05, 0) is 36.8 Å². The zero-order valence-electron chi connectivity index (χ0n) is 13.1. The van der Waals surface area contributed by atoms with Crippen LogP contribution in [-0.2, 0) is 13.6 Å². The molecule has 1 heterocycles. The number of rotatable bonds is 4. The molecular weight excluding hydrogens is 310 g/mol. The van der Waals surface area contributed by atoms with Crippen molar-refractivity contribution in [2.24, 2.45) is 7.05 Å². The molecule has 0 aliphatic heterocycles. The first kappa shape index (κ1) is 15.4. The van der Waals surface area contributed by atoms with E-state index in [9.17, 15) is 4.79 Å². The molecule has 0 amide bonds. The summed E-state index contributed by atoms with van der Waals surface area (Å²) in [5.41, 5.74) is 3.38. The largest absolute Gasteiger partial charge is 0.375 e. The summed E-state index contributed by atoms with van der Waals surface area (Å²) in [4.78, 5) is 12.7. The maximum Gasteiger partial charge on any atom is 0.295 e. The molecule has 0 radical (unpaired) electrons. The van der Waals surface area contributed by atoms with Gasteiger partial charge in [0.05, 0.1) is 11.4 Å². The highest BCUT2D eigenvalue weighted by atomic mass is 35.5. The van der Waals surface area contributed by atoms with Crippen molar-refractivity contribution >= 4 is 17.3 Å². The third-order valence-corrected chi connectivity index (χ3v) is 4.19. The molecule has 1 aromatic heterocycles. The molecule has 23 heavy (non-hydrogen) atoms. The van der Waals surface area contributed by atoms with Crippen molar-refractivity contribution in [2.45, 2.75) is 13.5 Å². The molecule has 0 fully saturated rings. The van der Waals surface area contributed by atoms with Gasteiger partial charge in [-0.3, -0.25) is 9.48 Å². The van der Waals surface area contributed by atoms with Gasteiger partial charge in [-0.1, -0.05) is 41.9 Å². The van der Waals surface area contributed by atoms with E-state index >= 15 is 0 Å². The quantitative estimate of drug-likeness (QED) is 0.792. The van der Waals surface area contributed by atoms with Crippen LogP contribution in [0.15, 0.2) is 59.4 Å². The molecule has 0 spiro atoms. The second kappa shape index (κ2) is 6.34. The number of anilines is 1. The minimum Gasteiger partial charge on any atom is -0.375 e. The van der Waals surface area contributed by atoms with Crippen molar-refractivity contribution in [1.82, 2.24) is 9.36 Å². The van der Waals surface area contributed by atoms with Gasteiger partial charge < -0.3 is 5.32 Å². The van der Waals surface area contributed by atoms with E-state index < -0.39 is 0 Å². The highest BCUT2D eigenvalue weighted by molar-refractivity contribution is 6.30. The lowest BCUT2D eigenvalue weighted by Gasteiger charge is -2.07. The van der Waals surface area contributed by atoms with E-state index in [1.807, 2.05) is 73.3 Å². The van der Waals surface area contributed by atoms with E-state index in [4.69, 9.17) is 11.6 Å². The van der Waals surface area contributed by atoms with Crippen molar-refractivity contribution in [3.63, 3.8) is 0 Å². The van der Waals surface area contributed by atoms with Gasteiger partial charge in [-0.15, -0.1) is 0 Å². The number of hydrogen-bond acceptors (Lipinski definition) is 2. The van der Waals surface area contributed by atoms with E-state index in [0.29, 0.717) is 17.3 Å². The first-order valence-electron chi connectivity index (χ1n) is 7.40. The second-order valence-electron chi connectivity index (χ2n) is 5.42. The number of halogens is 1. The van der Waals surface area contributed by atoms with Crippen LogP contribution in [0, 0.1) is 6.92 Å². The summed E-state index contributed by atoms with van der Waals surface area (Å²) >= 11 is 5.89. The van der Waals surface area contributed by atoms with E-state index in [-0.39, 0.29) is 5.56 Å². The predicted molar refractivity (Wildman–Crippen MR) is 94.5 cm³/mol. The van der Waals surface area contributed by atoms with Crippen LogP contribution in [0.2, 0.25) is 5.02 Å². The van der Waals surface area contributed by atoms with Gasteiger partial charge >= 0.3 is 0 Å². The molecule has 4 nitrogen and oxygen atoms in total. The molecule has 1 N–H and O–H groups in total. The Balaban J connectivity index is 1.92. The van der Waals surface area contributed by atoms with E-state index in [0.717, 1.165) is 16.9 Å². The van der Waals surface area contributed by atoms with Crippen molar-refractivity contribution in [3.8, 4) is 5.69 Å². The van der Waals surface area contributed by atoms with E-state index in [1.165, 1.54) is 0 Å². The Bertz CT molecular complexity index is 864. The lowest BCUT2D eigenvalue weighted by Crippen LogP contribution is -2.20. The molecule has 0 bridgehead atoms. The lowest BCUT2D eigenvalue weighted by atomic mass is 10.2. The lowest BCUT2D eigenvalue weighted by molar-refractivity contribution is 0.630. The molecule has 0 saturated carbocycles. The number of nitrogens with zero attached hydrogens (tertiary/aromatic N) is 2. The first-order chi connectivity index (χ1) is 11.1. The molecule has 3 aromatic rings. The molecule has 0 aliphatic carbocycles.